The van der Waals surface area contributed by atoms with E-state index in [1.165, 1.54) is 30.2 Å². The molecule has 1 aromatic heterocycles. The number of nitrogens with one attached hydrogen (secondary N) is 3. The average Bonchev–Trinajstić information content (AvgIpc) is 3.12. The summed E-state index contributed by atoms with van der Waals surface area (Å²) in [5.41, 5.74) is 1.97. The Hall–Kier alpha value is -5.85. The van der Waals surface area contributed by atoms with Crippen LogP contribution in [0.15, 0.2) is 77.6 Å². The Morgan fingerprint density at radius 1 is 0.900 bits per heavy atom. The van der Waals surface area contributed by atoms with E-state index in [0.29, 0.717) is 34.9 Å². The molecule has 1 saturated heterocycles. The molecule has 0 saturated carbocycles. The number of halogens is 1. The Bertz CT molecular complexity index is 1950. The lowest BCUT2D eigenvalue weighted by Crippen LogP contribution is -2.59. The van der Waals surface area contributed by atoms with E-state index in [9.17, 15) is 23.6 Å². The van der Waals surface area contributed by atoms with E-state index in [-0.39, 0.29) is 56.3 Å². The van der Waals surface area contributed by atoms with Gasteiger partial charge in [-0.25, -0.2) is 4.39 Å². The highest BCUT2D eigenvalue weighted by Crippen LogP contribution is 2.29. The predicted octanol–water partition coefficient (Wildman–Crippen LogP) is 3.62. The predicted molar refractivity (Wildman–Crippen MR) is 181 cm³/mol. The zero-order valence-electron chi connectivity index (χ0n) is 27.6. The number of benzene rings is 3. The van der Waals surface area contributed by atoms with E-state index in [2.05, 4.69) is 15.6 Å². The molecule has 2 aliphatic heterocycles. The summed E-state index contributed by atoms with van der Waals surface area (Å²) in [7, 11) is 3.05. The molecular weight excluding hydrogens is 647 g/mol. The van der Waals surface area contributed by atoms with Crippen molar-refractivity contribution < 1.29 is 37.7 Å². The minimum atomic E-state index is -0.750. The van der Waals surface area contributed by atoms with E-state index in [1.54, 1.807) is 55.6 Å². The summed E-state index contributed by atoms with van der Waals surface area (Å²) in [6.07, 6.45) is 0.177. The second-order valence-corrected chi connectivity index (χ2v) is 12.1. The van der Waals surface area contributed by atoms with Crippen molar-refractivity contribution in [3.63, 3.8) is 0 Å². The van der Waals surface area contributed by atoms with Gasteiger partial charge in [0.1, 0.15) is 29.0 Å². The van der Waals surface area contributed by atoms with Crippen LogP contribution in [0.1, 0.15) is 34.3 Å². The van der Waals surface area contributed by atoms with E-state index in [4.69, 9.17) is 18.9 Å². The molecule has 0 radical (unpaired) electrons. The Kier molecular flexibility index (Phi) is 10.3. The van der Waals surface area contributed by atoms with Crippen molar-refractivity contribution in [2.75, 3.05) is 33.9 Å². The molecule has 0 unspecified atom stereocenters. The minimum absolute atomic E-state index is 0.00590. The van der Waals surface area contributed by atoms with Crippen LogP contribution in [0.4, 0.5) is 4.39 Å². The maximum Gasteiger partial charge on any atom is 0.261 e. The standard InChI is InChI=1S/C37H37FN4O8/c1-47-26-7-5-24(6-8-26)29-10-9-28(36(45)41-29)37(46)42-14-13-31-30(20-42)40-35(44)21-49-33-17-22(3-11-32(33)48-2)4-12-34(43)39-19-23-15-25(38)18-27(16-23)50-31/h3,5-11,15-18,30-31H,4,12-14,19-21H2,1-2H3,(H,39,43)(H,40,44)(H,41,45)/t30-,31-/m1/s1. The summed E-state index contributed by atoms with van der Waals surface area (Å²) in [6.45, 7) is -0.0862. The molecule has 4 bridgehead atoms. The van der Waals surface area contributed by atoms with E-state index >= 15 is 0 Å². The molecule has 0 aliphatic carbocycles. The van der Waals surface area contributed by atoms with E-state index in [0.717, 1.165) is 11.1 Å². The summed E-state index contributed by atoms with van der Waals surface area (Å²) >= 11 is 0. The third-order valence-electron chi connectivity index (χ3n) is 8.66. The van der Waals surface area contributed by atoms with Crippen molar-refractivity contribution >= 4 is 17.7 Å². The molecule has 13 heteroatoms. The minimum Gasteiger partial charge on any atom is -0.497 e. The number of aromatic nitrogens is 1. The number of fused-ring (bicyclic) bond motifs is 5. The fourth-order valence-corrected chi connectivity index (χ4v) is 6.04. The number of pyridine rings is 1. The van der Waals surface area contributed by atoms with Crippen molar-refractivity contribution in [2.45, 2.75) is 38.0 Å². The Morgan fingerprint density at radius 2 is 1.72 bits per heavy atom. The lowest BCUT2D eigenvalue weighted by Gasteiger charge is -2.38. The number of aryl methyl sites for hydroxylation is 1. The number of likely N-dealkylation sites (tertiary alicyclic amines) is 1. The lowest BCUT2D eigenvalue weighted by atomic mass is 10.0. The summed E-state index contributed by atoms with van der Waals surface area (Å²) < 4.78 is 37.4. The van der Waals surface area contributed by atoms with Crippen molar-refractivity contribution in [3.8, 4) is 34.3 Å². The molecule has 0 spiro atoms. The number of piperidine rings is 1. The molecule has 12 nitrogen and oxygen atoms in total. The third-order valence-corrected chi connectivity index (χ3v) is 8.66. The first-order valence-corrected chi connectivity index (χ1v) is 16.2. The molecule has 260 valence electrons. The van der Waals surface area contributed by atoms with Crippen molar-refractivity contribution in [3.05, 3.63) is 106 Å². The average molecular weight is 685 g/mol. The van der Waals surface area contributed by atoms with Crippen LogP contribution in [-0.2, 0) is 22.6 Å². The number of hydrogen-bond acceptors (Lipinski definition) is 8. The zero-order chi connectivity index (χ0) is 35.2. The first-order chi connectivity index (χ1) is 24.2. The fourth-order valence-electron chi connectivity index (χ4n) is 6.04. The molecule has 3 aromatic carbocycles. The fraction of sp³-hybridized carbons (Fsp3) is 0.297. The SMILES string of the molecule is COc1ccc(-c2ccc(C(=O)N3CC[C@H]4Oc5cc(F)cc(c5)CNC(=O)CCc5ccc(OC)c(c5)OCC(=O)N[C@@H]4C3)c(=O)[nH]2)cc1. The molecule has 50 heavy (non-hydrogen) atoms. The molecule has 3 amide bonds. The van der Waals surface area contributed by atoms with Crippen LogP contribution in [0.3, 0.4) is 0 Å². The first-order valence-electron chi connectivity index (χ1n) is 16.2. The Labute approximate surface area is 287 Å². The van der Waals surface area contributed by atoms with Gasteiger partial charge in [-0.2, -0.15) is 0 Å². The van der Waals surface area contributed by atoms with Gasteiger partial charge < -0.3 is 39.5 Å². The highest BCUT2D eigenvalue weighted by molar-refractivity contribution is 5.94. The van der Waals surface area contributed by atoms with Gasteiger partial charge in [0.05, 0.1) is 20.3 Å². The van der Waals surface area contributed by atoms with E-state index in [1.807, 2.05) is 6.07 Å². The first kappa shape index (κ1) is 34.0. The zero-order valence-corrected chi connectivity index (χ0v) is 27.6. The van der Waals surface area contributed by atoms with Crippen LogP contribution in [0, 0.1) is 5.82 Å². The van der Waals surface area contributed by atoms with Crippen LogP contribution in [0.5, 0.6) is 23.0 Å². The number of carbonyl (C=O) groups excluding carboxylic acids is 3. The molecule has 4 aromatic rings. The number of rotatable bonds is 4. The number of aromatic amines is 1. The van der Waals surface area contributed by atoms with Crippen LogP contribution < -0.4 is 35.1 Å². The second kappa shape index (κ2) is 15.1. The topological polar surface area (TPSA) is 148 Å². The number of ether oxygens (including phenoxy) is 4. The summed E-state index contributed by atoms with van der Waals surface area (Å²) in [5.74, 6) is -0.149. The monoisotopic (exact) mass is 684 g/mol. The largest absolute Gasteiger partial charge is 0.497 e. The maximum absolute atomic E-state index is 14.7. The van der Waals surface area contributed by atoms with Gasteiger partial charge in [-0.15, -0.1) is 0 Å². The molecule has 2 aliphatic rings. The highest BCUT2D eigenvalue weighted by Gasteiger charge is 2.35. The van der Waals surface area contributed by atoms with Gasteiger partial charge in [-0.1, -0.05) is 6.07 Å². The van der Waals surface area contributed by atoms with Crippen molar-refractivity contribution in [1.82, 2.24) is 20.5 Å². The third kappa shape index (κ3) is 8.05. The molecular formula is C37H37FN4O8. The van der Waals surface area contributed by atoms with Gasteiger partial charge >= 0.3 is 0 Å². The molecule has 2 atom stereocenters. The van der Waals surface area contributed by atoms with Gasteiger partial charge in [0.2, 0.25) is 5.91 Å². The van der Waals surface area contributed by atoms with Gasteiger partial charge in [0.15, 0.2) is 18.1 Å². The van der Waals surface area contributed by atoms with Crippen LogP contribution in [0.2, 0.25) is 0 Å². The Morgan fingerprint density at radius 3 is 2.48 bits per heavy atom. The van der Waals surface area contributed by atoms with Gasteiger partial charge in [-0.05, 0) is 83.8 Å². The summed E-state index contributed by atoms with van der Waals surface area (Å²) in [5, 5.41) is 5.74. The van der Waals surface area contributed by atoms with E-state index < -0.39 is 35.3 Å². The number of methoxy groups -OCH3 is 2. The quantitative estimate of drug-likeness (QED) is 0.296. The number of carbonyl (C=O) groups is 3. The maximum atomic E-state index is 14.7. The molecule has 1 fully saturated rings. The number of H-pyrrole nitrogens is 1. The summed E-state index contributed by atoms with van der Waals surface area (Å²) in [6, 6.07) is 18.9. The lowest BCUT2D eigenvalue weighted by molar-refractivity contribution is -0.125. The second-order valence-electron chi connectivity index (χ2n) is 12.1. The summed E-state index contributed by atoms with van der Waals surface area (Å²) in [4.78, 5) is 57.0. The van der Waals surface area contributed by atoms with Crippen molar-refractivity contribution in [2.24, 2.45) is 0 Å². The van der Waals surface area contributed by atoms with Crippen molar-refractivity contribution in [1.29, 1.82) is 0 Å². The van der Waals surface area contributed by atoms with Crippen LogP contribution in [0.25, 0.3) is 11.3 Å². The molecule has 3 N–H and O–H groups in total. The number of amides is 3. The smallest absolute Gasteiger partial charge is 0.261 e. The Balaban J connectivity index is 1.24. The van der Waals surface area contributed by atoms with Crippen LogP contribution >= 0.6 is 0 Å². The molecule has 6 rings (SSSR count). The van der Waals surface area contributed by atoms with Gasteiger partial charge in [0.25, 0.3) is 17.4 Å². The highest BCUT2D eigenvalue weighted by atomic mass is 19.1. The van der Waals surface area contributed by atoms with Gasteiger partial charge in [-0.3, -0.25) is 19.2 Å². The number of nitrogens with zero attached hydrogens (tertiary/aromatic N) is 1. The van der Waals surface area contributed by atoms with Gasteiger partial charge in [0, 0.05) is 44.2 Å². The molecule has 3 heterocycles. The normalized spacial score (nSPS) is 18.2. The van der Waals surface area contributed by atoms with Crippen LogP contribution in [-0.4, -0.2) is 73.7 Å². The number of hydrogen-bond donors (Lipinski definition) is 3.